The standard InChI is InChI=1S/C25H29F4N7O3/c1-13-20(35-39-34-13)23(38)33-22(15-5-7-25(28,29)8-6-15)17-12-36-18(31-17)9-16(11-30-36)21(14-3-4-14)32-19(37)10-24(2,26)27/h9,11-12,14-15,21-22H,3-8,10H2,1-2H3,(H,32,37)(H,33,38)/t21?,22-/m0/s1. The van der Waals surface area contributed by atoms with Crippen molar-refractivity contribution >= 4 is 17.5 Å². The normalized spacial score (nSPS) is 19.5. The molecule has 0 aromatic carbocycles. The molecule has 3 heterocycles. The van der Waals surface area contributed by atoms with Crippen LogP contribution in [-0.4, -0.2) is 48.6 Å². The van der Waals surface area contributed by atoms with E-state index in [2.05, 4.69) is 35.7 Å². The Labute approximate surface area is 220 Å². The number of hydrogen-bond donors (Lipinski definition) is 2. The lowest BCUT2D eigenvalue weighted by Crippen LogP contribution is -2.37. The first-order chi connectivity index (χ1) is 18.4. The van der Waals surface area contributed by atoms with Gasteiger partial charge in [0.2, 0.25) is 11.8 Å². The van der Waals surface area contributed by atoms with Gasteiger partial charge in [-0.1, -0.05) is 5.16 Å². The van der Waals surface area contributed by atoms with Crippen molar-refractivity contribution in [2.24, 2.45) is 11.8 Å². The van der Waals surface area contributed by atoms with Crippen molar-refractivity contribution in [2.45, 2.75) is 82.7 Å². The lowest BCUT2D eigenvalue weighted by atomic mass is 9.81. The summed E-state index contributed by atoms with van der Waals surface area (Å²) in [5.41, 5.74) is 1.73. The van der Waals surface area contributed by atoms with Gasteiger partial charge < -0.3 is 10.6 Å². The van der Waals surface area contributed by atoms with Crippen molar-refractivity contribution in [3.05, 3.63) is 41.1 Å². The minimum absolute atomic E-state index is 0.00834. The van der Waals surface area contributed by atoms with Crippen LogP contribution in [0.4, 0.5) is 17.6 Å². The van der Waals surface area contributed by atoms with E-state index in [0.29, 0.717) is 23.8 Å². The summed E-state index contributed by atoms with van der Waals surface area (Å²) in [6, 6.07) is 0.514. The minimum Gasteiger partial charge on any atom is -0.349 e. The average Bonchev–Trinajstić information content (AvgIpc) is 3.45. The highest BCUT2D eigenvalue weighted by molar-refractivity contribution is 5.93. The Morgan fingerprint density at radius 3 is 2.44 bits per heavy atom. The quantitative estimate of drug-likeness (QED) is 0.379. The van der Waals surface area contributed by atoms with Gasteiger partial charge in [-0.25, -0.2) is 31.7 Å². The lowest BCUT2D eigenvalue weighted by Gasteiger charge is -2.33. The Balaban J connectivity index is 1.42. The van der Waals surface area contributed by atoms with Crippen molar-refractivity contribution in [3.8, 4) is 0 Å². The number of nitrogens with one attached hydrogen (secondary N) is 2. The van der Waals surface area contributed by atoms with E-state index >= 15 is 0 Å². The van der Waals surface area contributed by atoms with E-state index in [1.165, 1.54) is 4.52 Å². The smallest absolute Gasteiger partial charge is 0.276 e. The van der Waals surface area contributed by atoms with Crippen molar-refractivity contribution in [1.82, 2.24) is 35.5 Å². The van der Waals surface area contributed by atoms with Gasteiger partial charge in [0, 0.05) is 12.8 Å². The molecule has 14 heteroatoms. The van der Waals surface area contributed by atoms with E-state index < -0.39 is 42.2 Å². The largest absolute Gasteiger partial charge is 0.349 e. The fourth-order valence-corrected chi connectivity index (χ4v) is 5.12. The van der Waals surface area contributed by atoms with E-state index in [-0.39, 0.29) is 48.9 Å². The molecule has 0 bridgehead atoms. The Hall–Kier alpha value is -3.58. The lowest BCUT2D eigenvalue weighted by molar-refractivity contribution is -0.128. The van der Waals surface area contributed by atoms with Crippen molar-refractivity contribution in [1.29, 1.82) is 0 Å². The maximum Gasteiger partial charge on any atom is 0.276 e. The number of imidazole rings is 1. The molecule has 3 aromatic heterocycles. The summed E-state index contributed by atoms with van der Waals surface area (Å²) in [7, 11) is 0. The molecular formula is C25H29F4N7O3. The number of aromatic nitrogens is 5. The minimum atomic E-state index is -3.12. The molecule has 0 spiro atoms. The number of amides is 2. The van der Waals surface area contributed by atoms with E-state index in [9.17, 15) is 27.2 Å². The fourth-order valence-electron chi connectivity index (χ4n) is 5.12. The molecule has 2 aliphatic carbocycles. The SMILES string of the molecule is Cc1nonc1C(=O)N[C@H](c1cn2ncc(C(NC(=O)CC(C)(F)F)C3CC3)cc2n1)C1CCC(F)(F)CC1. The number of alkyl halides is 4. The number of rotatable bonds is 9. The third-order valence-electron chi connectivity index (χ3n) is 7.31. The Morgan fingerprint density at radius 2 is 1.82 bits per heavy atom. The van der Waals surface area contributed by atoms with Crippen LogP contribution < -0.4 is 10.6 Å². The van der Waals surface area contributed by atoms with E-state index in [4.69, 9.17) is 0 Å². The second kappa shape index (κ2) is 10.2. The first-order valence-corrected chi connectivity index (χ1v) is 12.9. The Bertz CT molecular complexity index is 1360. The molecule has 1 unspecified atom stereocenters. The van der Waals surface area contributed by atoms with Crippen LogP contribution in [0.1, 0.15) is 91.4 Å². The highest BCUT2D eigenvalue weighted by Crippen LogP contribution is 2.43. The maximum atomic E-state index is 13.9. The average molecular weight is 552 g/mol. The van der Waals surface area contributed by atoms with Crippen LogP contribution in [0.15, 0.2) is 23.1 Å². The fraction of sp³-hybridized carbons (Fsp3) is 0.600. The van der Waals surface area contributed by atoms with Gasteiger partial charge in [0.15, 0.2) is 11.3 Å². The van der Waals surface area contributed by atoms with Crippen molar-refractivity contribution in [2.75, 3.05) is 0 Å². The van der Waals surface area contributed by atoms with E-state index in [1.54, 1.807) is 25.4 Å². The highest BCUT2D eigenvalue weighted by atomic mass is 19.3. The number of carbonyl (C=O) groups excluding carboxylic acids is 2. The number of halogens is 4. The van der Waals surface area contributed by atoms with Gasteiger partial charge >= 0.3 is 0 Å². The van der Waals surface area contributed by atoms with Crippen molar-refractivity contribution in [3.63, 3.8) is 0 Å². The predicted molar refractivity (Wildman–Crippen MR) is 128 cm³/mol. The number of nitrogens with zero attached hydrogens (tertiary/aromatic N) is 5. The zero-order valence-corrected chi connectivity index (χ0v) is 21.5. The number of hydrogen-bond acceptors (Lipinski definition) is 7. The zero-order chi connectivity index (χ0) is 27.9. The predicted octanol–water partition coefficient (Wildman–Crippen LogP) is 4.33. The summed E-state index contributed by atoms with van der Waals surface area (Å²) in [5, 5.41) is 17.2. The number of aryl methyl sites for hydroxylation is 1. The van der Waals surface area contributed by atoms with Crippen molar-refractivity contribution < 1.29 is 31.8 Å². The summed E-state index contributed by atoms with van der Waals surface area (Å²) >= 11 is 0. The molecule has 3 aromatic rings. The molecule has 0 radical (unpaired) electrons. The molecule has 10 nitrogen and oxygen atoms in total. The van der Waals surface area contributed by atoms with Crippen LogP contribution in [-0.2, 0) is 4.79 Å². The van der Waals surface area contributed by atoms with Gasteiger partial charge in [0.05, 0.1) is 36.6 Å². The molecule has 2 saturated carbocycles. The molecule has 0 saturated heterocycles. The highest BCUT2D eigenvalue weighted by Gasteiger charge is 2.40. The third kappa shape index (κ3) is 6.36. The number of carbonyl (C=O) groups is 2. The van der Waals surface area contributed by atoms with Gasteiger partial charge in [-0.15, -0.1) is 0 Å². The van der Waals surface area contributed by atoms with Crippen LogP contribution in [0.25, 0.3) is 5.65 Å². The van der Waals surface area contributed by atoms with Crippen LogP contribution in [0, 0.1) is 18.8 Å². The molecule has 0 aliphatic heterocycles. The van der Waals surface area contributed by atoms with Gasteiger partial charge in [-0.3, -0.25) is 9.59 Å². The first kappa shape index (κ1) is 27.0. The molecule has 2 atom stereocenters. The summed E-state index contributed by atoms with van der Waals surface area (Å²) in [6.45, 7) is 2.26. The van der Waals surface area contributed by atoms with Crippen LogP contribution in [0.5, 0.6) is 0 Å². The summed E-state index contributed by atoms with van der Waals surface area (Å²) in [6.07, 6.45) is 3.69. The van der Waals surface area contributed by atoms with Crippen LogP contribution in [0.3, 0.4) is 0 Å². The summed E-state index contributed by atoms with van der Waals surface area (Å²) in [4.78, 5) is 29.8. The van der Waals surface area contributed by atoms with Gasteiger partial charge in [-0.05, 0) is 68.2 Å². The van der Waals surface area contributed by atoms with Gasteiger partial charge in [0.25, 0.3) is 11.8 Å². The molecule has 2 aliphatic rings. The summed E-state index contributed by atoms with van der Waals surface area (Å²) < 4.78 is 60.6. The Morgan fingerprint density at radius 1 is 1.13 bits per heavy atom. The first-order valence-electron chi connectivity index (χ1n) is 12.9. The van der Waals surface area contributed by atoms with E-state index in [1.807, 2.05) is 0 Å². The molecule has 5 rings (SSSR count). The number of fused-ring (bicyclic) bond motifs is 1. The molecule has 210 valence electrons. The monoisotopic (exact) mass is 551 g/mol. The molecule has 2 amide bonds. The second-order valence-corrected chi connectivity index (χ2v) is 10.7. The van der Waals surface area contributed by atoms with E-state index in [0.717, 1.165) is 12.8 Å². The maximum absolute atomic E-state index is 13.9. The Kier molecular flexibility index (Phi) is 7.06. The third-order valence-corrected chi connectivity index (χ3v) is 7.31. The molecule has 39 heavy (non-hydrogen) atoms. The van der Waals surface area contributed by atoms with Gasteiger partial charge in [0.1, 0.15) is 5.69 Å². The zero-order valence-electron chi connectivity index (χ0n) is 21.5. The van der Waals surface area contributed by atoms with Crippen LogP contribution in [0.2, 0.25) is 0 Å². The van der Waals surface area contributed by atoms with Crippen LogP contribution >= 0.6 is 0 Å². The molecule has 2 N–H and O–H groups in total. The molecule has 2 fully saturated rings. The molecular weight excluding hydrogens is 522 g/mol. The second-order valence-electron chi connectivity index (χ2n) is 10.7. The van der Waals surface area contributed by atoms with Gasteiger partial charge in [-0.2, -0.15) is 5.10 Å². The summed E-state index contributed by atoms with van der Waals surface area (Å²) in [5.74, 6) is -7.40. The topological polar surface area (TPSA) is 127 Å².